The summed E-state index contributed by atoms with van der Waals surface area (Å²) in [5, 5.41) is 2.50. The van der Waals surface area contributed by atoms with Gasteiger partial charge in [-0.1, -0.05) is 0 Å². The van der Waals surface area contributed by atoms with Crippen molar-refractivity contribution < 1.29 is 14.0 Å². The molecule has 1 saturated heterocycles. The predicted octanol–water partition coefficient (Wildman–Crippen LogP) is 0.573. The van der Waals surface area contributed by atoms with Crippen molar-refractivity contribution in [2.45, 2.75) is 12.8 Å². The Morgan fingerprint density at radius 1 is 1.33 bits per heavy atom. The first-order valence-corrected chi connectivity index (χ1v) is 5.84. The molecule has 6 heteroatoms. The summed E-state index contributed by atoms with van der Waals surface area (Å²) < 4.78 is 12.6. The monoisotopic (exact) mass is 251 g/mol. The summed E-state index contributed by atoms with van der Waals surface area (Å²) in [5.74, 6) is -1.15. The summed E-state index contributed by atoms with van der Waals surface area (Å²) >= 11 is 0. The number of hydrogen-bond donors (Lipinski definition) is 1. The van der Waals surface area contributed by atoms with Crippen LogP contribution >= 0.6 is 0 Å². The number of halogens is 1. The van der Waals surface area contributed by atoms with Crippen LogP contribution in [0.15, 0.2) is 18.3 Å². The second-order valence-corrected chi connectivity index (χ2v) is 4.14. The number of amides is 2. The highest BCUT2D eigenvalue weighted by atomic mass is 19.1. The number of carbonyl (C=O) groups excluding carboxylic acids is 2. The van der Waals surface area contributed by atoms with Crippen LogP contribution in [0.25, 0.3) is 0 Å². The maximum absolute atomic E-state index is 12.6. The second kappa shape index (κ2) is 5.57. The van der Waals surface area contributed by atoms with Crippen molar-refractivity contribution >= 4 is 11.8 Å². The molecule has 1 fully saturated rings. The summed E-state index contributed by atoms with van der Waals surface area (Å²) in [6.45, 7) is 1.48. The number of aromatic nitrogens is 1. The Morgan fingerprint density at radius 3 is 2.67 bits per heavy atom. The zero-order valence-corrected chi connectivity index (χ0v) is 9.86. The van der Waals surface area contributed by atoms with Gasteiger partial charge in [0.05, 0.1) is 12.1 Å². The quantitative estimate of drug-likeness (QED) is 0.799. The first-order valence-electron chi connectivity index (χ1n) is 5.84. The maximum Gasteiger partial charge on any atom is 0.253 e. The van der Waals surface area contributed by atoms with Gasteiger partial charge in [0.1, 0.15) is 0 Å². The molecule has 0 spiro atoms. The number of rotatable bonds is 3. The van der Waals surface area contributed by atoms with Crippen LogP contribution in [0.4, 0.5) is 4.39 Å². The highest BCUT2D eigenvalue weighted by Crippen LogP contribution is 2.06. The minimum atomic E-state index is -0.639. The van der Waals surface area contributed by atoms with Gasteiger partial charge in [0.15, 0.2) is 0 Å². The minimum Gasteiger partial charge on any atom is -0.343 e. The lowest BCUT2D eigenvalue weighted by atomic mass is 10.2. The van der Waals surface area contributed by atoms with Crippen molar-refractivity contribution in [2.24, 2.45) is 0 Å². The van der Waals surface area contributed by atoms with Crippen LogP contribution in [-0.2, 0) is 4.79 Å². The molecule has 1 aliphatic rings. The van der Waals surface area contributed by atoms with E-state index in [4.69, 9.17) is 0 Å². The molecule has 0 aliphatic carbocycles. The van der Waals surface area contributed by atoms with E-state index >= 15 is 0 Å². The van der Waals surface area contributed by atoms with Crippen molar-refractivity contribution in [2.75, 3.05) is 19.6 Å². The largest absolute Gasteiger partial charge is 0.343 e. The van der Waals surface area contributed by atoms with Crippen LogP contribution in [0.3, 0.4) is 0 Å². The summed E-state index contributed by atoms with van der Waals surface area (Å²) in [6.07, 6.45) is 3.17. The Kier molecular flexibility index (Phi) is 3.86. The Hall–Kier alpha value is -1.98. The van der Waals surface area contributed by atoms with Gasteiger partial charge in [0.2, 0.25) is 11.9 Å². The first-order chi connectivity index (χ1) is 8.66. The molecule has 18 heavy (non-hydrogen) atoms. The molecule has 5 nitrogen and oxygen atoms in total. The molecule has 0 atom stereocenters. The van der Waals surface area contributed by atoms with Crippen LogP contribution < -0.4 is 5.32 Å². The van der Waals surface area contributed by atoms with Gasteiger partial charge in [0, 0.05) is 19.3 Å². The molecule has 0 radical (unpaired) electrons. The fourth-order valence-corrected chi connectivity index (χ4v) is 1.85. The fourth-order valence-electron chi connectivity index (χ4n) is 1.85. The zero-order chi connectivity index (χ0) is 13.0. The third kappa shape index (κ3) is 3.03. The predicted molar refractivity (Wildman–Crippen MR) is 62.3 cm³/mol. The Labute approximate surface area is 104 Å². The number of hydrogen-bond acceptors (Lipinski definition) is 3. The van der Waals surface area contributed by atoms with E-state index in [1.165, 1.54) is 6.07 Å². The van der Waals surface area contributed by atoms with E-state index in [0.29, 0.717) is 0 Å². The van der Waals surface area contributed by atoms with Gasteiger partial charge < -0.3 is 10.2 Å². The molecule has 2 amide bonds. The molecule has 1 aromatic heterocycles. The minimum absolute atomic E-state index is 0.0315. The number of nitrogens with zero attached hydrogens (tertiary/aromatic N) is 2. The summed E-state index contributed by atoms with van der Waals surface area (Å²) in [7, 11) is 0. The number of carbonyl (C=O) groups is 2. The van der Waals surface area contributed by atoms with Crippen LogP contribution in [0.1, 0.15) is 23.2 Å². The molecule has 1 aromatic rings. The van der Waals surface area contributed by atoms with E-state index in [1.807, 2.05) is 0 Å². The summed E-state index contributed by atoms with van der Waals surface area (Å²) in [6, 6.07) is 2.44. The first kappa shape index (κ1) is 12.5. The SMILES string of the molecule is O=C(NCC(=O)N1CCCC1)c1ccc(F)nc1. The molecule has 96 valence electrons. The van der Waals surface area contributed by atoms with Gasteiger partial charge in [0.25, 0.3) is 5.91 Å². The highest BCUT2D eigenvalue weighted by Gasteiger charge is 2.18. The summed E-state index contributed by atoms with van der Waals surface area (Å²) in [4.78, 5) is 28.4. The molecule has 2 heterocycles. The second-order valence-electron chi connectivity index (χ2n) is 4.14. The van der Waals surface area contributed by atoms with E-state index < -0.39 is 11.9 Å². The lowest BCUT2D eigenvalue weighted by Gasteiger charge is -2.15. The third-order valence-corrected chi connectivity index (χ3v) is 2.85. The van der Waals surface area contributed by atoms with Crippen LogP contribution in [0.5, 0.6) is 0 Å². The van der Waals surface area contributed by atoms with Gasteiger partial charge in [-0.15, -0.1) is 0 Å². The molecule has 0 unspecified atom stereocenters. The Morgan fingerprint density at radius 2 is 2.06 bits per heavy atom. The van der Waals surface area contributed by atoms with E-state index in [1.54, 1.807) is 4.90 Å². The van der Waals surface area contributed by atoms with Crippen molar-refractivity contribution in [3.63, 3.8) is 0 Å². The zero-order valence-electron chi connectivity index (χ0n) is 9.86. The third-order valence-electron chi connectivity index (χ3n) is 2.85. The summed E-state index contributed by atoms with van der Waals surface area (Å²) in [5.41, 5.74) is 0.241. The van der Waals surface area contributed by atoms with Gasteiger partial charge in [-0.2, -0.15) is 4.39 Å². The molecular weight excluding hydrogens is 237 g/mol. The van der Waals surface area contributed by atoms with E-state index in [9.17, 15) is 14.0 Å². The Balaban J connectivity index is 1.84. The standard InChI is InChI=1S/C12H14FN3O2/c13-10-4-3-9(7-14-10)12(18)15-8-11(17)16-5-1-2-6-16/h3-4,7H,1-2,5-6,8H2,(H,15,18). The number of pyridine rings is 1. The van der Waals surface area contributed by atoms with E-state index in [2.05, 4.69) is 10.3 Å². The normalized spacial score (nSPS) is 14.6. The van der Waals surface area contributed by atoms with Crippen molar-refractivity contribution in [1.29, 1.82) is 0 Å². The highest BCUT2D eigenvalue weighted by molar-refractivity contribution is 5.96. The topological polar surface area (TPSA) is 62.3 Å². The van der Waals surface area contributed by atoms with E-state index in [0.717, 1.165) is 38.2 Å². The van der Waals surface area contributed by atoms with E-state index in [-0.39, 0.29) is 18.0 Å². The maximum atomic E-state index is 12.6. The van der Waals surface area contributed by atoms with Gasteiger partial charge in [-0.05, 0) is 25.0 Å². The molecule has 0 saturated carbocycles. The van der Waals surface area contributed by atoms with Crippen molar-refractivity contribution in [1.82, 2.24) is 15.2 Å². The lowest BCUT2D eigenvalue weighted by molar-refractivity contribution is -0.129. The average Bonchev–Trinajstić information content (AvgIpc) is 2.90. The number of nitrogens with one attached hydrogen (secondary N) is 1. The Bertz CT molecular complexity index is 441. The van der Waals surface area contributed by atoms with Crippen LogP contribution in [0, 0.1) is 5.95 Å². The molecular formula is C12H14FN3O2. The molecule has 0 bridgehead atoms. The molecule has 1 aliphatic heterocycles. The molecule has 0 aromatic carbocycles. The molecule has 1 N–H and O–H groups in total. The average molecular weight is 251 g/mol. The molecule has 2 rings (SSSR count). The van der Waals surface area contributed by atoms with Crippen LogP contribution in [0.2, 0.25) is 0 Å². The van der Waals surface area contributed by atoms with Gasteiger partial charge in [-0.25, -0.2) is 4.98 Å². The van der Waals surface area contributed by atoms with Crippen LogP contribution in [-0.4, -0.2) is 41.3 Å². The van der Waals surface area contributed by atoms with Gasteiger partial charge >= 0.3 is 0 Å². The van der Waals surface area contributed by atoms with Crippen molar-refractivity contribution in [3.05, 3.63) is 29.8 Å². The smallest absolute Gasteiger partial charge is 0.253 e. The van der Waals surface area contributed by atoms with Crippen molar-refractivity contribution in [3.8, 4) is 0 Å². The lowest BCUT2D eigenvalue weighted by Crippen LogP contribution is -2.38. The van der Waals surface area contributed by atoms with Gasteiger partial charge in [-0.3, -0.25) is 9.59 Å². The number of likely N-dealkylation sites (tertiary alicyclic amines) is 1. The fraction of sp³-hybridized carbons (Fsp3) is 0.417.